The van der Waals surface area contributed by atoms with Gasteiger partial charge in [-0.3, -0.25) is 4.79 Å². The van der Waals surface area contributed by atoms with Crippen LogP contribution in [0.3, 0.4) is 0 Å². The number of carbonyl (C=O) groups is 1. The first-order valence-corrected chi connectivity index (χ1v) is 44.5. The summed E-state index contributed by atoms with van der Waals surface area (Å²) in [6.45, 7) is 1.74. The second-order valence-electron chi connectivity index (χ2n) is 31.7. The van der Waals surface area contributed by atoms with Gasteiger partial charge >= 0.3 is 0 Å². The molecule has 0 bridgehead atoms. The van der Waals surface area contributed by atoms with Crippen molar-refractivity contribution in [2.75, 3.05) is 26.4 Å². The molecule has 17 atom stereocenters. The lowest BCUT2D eigenvalue weighted by Crippen LogP contribution is -2.66. The molecule has 0 radical (unpaired) electrons. The van der Waals surface area contributed by atoms with E-state index in [1.54, 1.807) is 0 Å². The van der Waals surface area contributed by atoms with Crippen LogP contribution in [0.4, 0.5) is 0 Å². The van der Waals surface area contributed by atoms with Crippen molar-refractivity contribution in [3.8, 4) is 0 Å². The number of hydrogen-bond donors (Lipinski definition) is 12. The zero-order chi connectivity index (χ0) is 78.1. The Bertz CT molecular complexity index is 2180. The van der Waals surface area contributed by atoms with E-state index in [2.05, 4.69) is 79.9 Å². The van der Waals surface area contributed by atoms with E-state index < -0.39 is 124 Å². The number of hydrogen-bond acceptors (Lipinski definition) is 18. The third-order valence-corrected chi connectivity index (χ3v) is 22.1. The summed E-state index contributed by atoms with van der Waals surface area (Å²) in [6.07, 6.45) is 63.3. The third-order valence-electron chi connectivity index (χ3n) is 22.1. The number of amides is 1. The third kappa shape index (κ3) is 47.4. The van der Waals surface area contributed by atoms with Crippen molar-refractivity contribution in [2.45, 2.75) is 471 Å². The van der Waals surface area contributed by atoms with Crippen LogP contribution in [0.2, 0.25) is 0 Å². The first-order chi connectivity index (χ1) is 52.8. The molecule has 1 amide bonds. The molecule has 0 saturated carbocycles. The minimum atomic E-state index is -1.97. The number of nitrogens with one attached hydrogen (secondary N) is 1. The molecule has 12 N–H and O–H groups in total. The molecule has 19 heteroatoms. The summed E-state index contributed by atoms with van der Waals surface area (Å²) >= 11 is 0. The maximum Gasteiger partial charge on any atom is 0.220 e. The van der Waals surface area contributed by atoms with Crippen molar-refractivity contribution in [1.29, 1.82) is 0 Å². The predicted octanol–water partition coefficient (Wildman–Crippen LogP) is 16.6. The average Bonchev–Trinajstić information content (AvgIpc) is 0.787. The van der Waals surface area contributed by atoms with Gasteiger partial charge in [0.25, 0.3) is 0 Å². The van der Waals surface area contributed by atoms with E-state index >= 15 is 0 Å². The normalized spacial score (nSPS) is 25.7. The highest BCUT2D eigenvalue weighted by Gasteiger charge is 2.54. The van der Waals surface area contributed by atoms with Crippen LogP contribution in [-0.2, 0) is 33.2 Å². The predicted molar refractivity (Wildman–Crippen MR) is 434 cm³/mol. The van der Waals surface area contributed by atoms with Crippen molar-refractivity contribution >= 4 is 5.91 Å². The van der Waals surface area contributed by atoms with Crippen molar-refractivity contribution in [3.63, 3.8) is 0 Å². The maximum absolute atomic E-state index is 13.5. The molecule has 0 aromatic rings. The average molecular weight is 1540 g/mol. The molecule has 19 nitrogen and oxygen atoms in total. The standard InChI is InChI=1S/C89H163NO18/c1-3-5-7-9-11-13-15-17-19-21-23-25-27-28-29-30-31-32-33-34-35-36-37-38-39-40-41-42-43-44-45-47-49-51-53-55-57-59-61-63-65-67-77(95)90-72(73(94)66-64-62-60-58-56-54-52-50-48-46-26-24-22-20-18-16-14-12-10-8-6-4-2)71-103-87-83(101)80(98)85(75(69-92)105-87)108-89-84(102)81(99)86(76(70-93)106-89)107-88-82(100)79(97)78(96)74(68-91)104-88/h5,7,11,13,17,19,23,25,28-29,72-76,78-89,91-94,96-102H,3-4,6,8-10,12,14-16,18,20-22,24,26-27,30-71H2,1-2H3,(H,90,95)/b7-5-,13-11-,19-17-,25-23-,29-28-. The highest BCUT2D eigenvalue weighted by atomic mass is 16.8. The summed E-state index contributed by atoms with van der Waals surface area (Å²) in [5.74, 6) is -0.235. The Kier molecular flexibility index (Phi) is 63.6. The van der Waals surface area contributed by atoms with E-state index in [9.17, 15) is 61.0 Å². The van der Waals surface area contributed by atoms with Crippen LogP contribution in [-0.4, -0.2) is 193 Å². The van der Waals surface area contributed by atoms with Gasteiger partial charge in [-0.1, -0.05) is 364 Å². The number of allylic oxidation sites excluding steroid dienone is 10. The second-order valence-corrected chi connectivity index (χ2v) is 31.7. The van der Waals surface area contributed by atoms with Gasteiger partial charge in [0.15, 0.2) is 18.9 Å². The molecule has 3 fully saturated rings. The van der Waals surface area contributed by atoms with Gasteiger partial charge in [0.05, 0.1) is 38.6 Å². The van der Waals surface area contributed by atoms with Crippen molar-refractivity contribution in [3.05, 3.63) is 60.8 Å². The summed E-state index contributed by atoms with van der Waals surface area (Å²) in [5.41, 5.74) is 0. The van der Waals surface area contributed by atoms with Gasteiger partial charge < -0.3 is 89.9 Å². The number of ether oxygens (including phenoxy) is 6. The number of rotatable bonds is 72. The fourth-order valence-corrected chi connectivity index (χ4v) is 15.1. The minimum Gasteiger partial charge on any atom is -0.394 e. The van der Waals surface area contributed by atoms with Crippen LogP contribution in [0.1, 0.15) is 367 Å². The molecule has 17 unspecified atom stereocenters. The molecule has 0 spiro atoms. The smallest absolute Gasteiger partial charge is 0.220 e. The van der Waals surface area contributed by atoms with Crippen LogP contribution >= 0.6 is 0 Å². The van der Waals surface area contributed by atoms with Gasteiger partial charge in [0.2, 0.25) is 5.91 Å². The van der Waals surface area contributed by atoms with Crippen LogP contribution in [0.25, 0.3) is 0 Å². The number of unbranched alkanes of at least 4 members (excludes halogenated alkanes) is 46. The Morgan fingerprint density at radius 1 is 0.343 bits per heavy atom. The van der Waals surface area contributed by atoms with Crippen molar-refractivity contribution in [2.24, 2.45) is 0 Å². The van der Waals surface area contributed by atoms with Gasteiger partial charge in [0, 0.05) is 6.42 Å². The molecule has 108 heavy (non-hydrogen) atoms. The largest absolute Gasteiger partial charge is 0.394 e. The molecule has 0 aromatic carbocycles. The lowest BCUT2D eigenvalue weighted by molar-refractivity contribution is -0.379. The lowest BCUT2D eigenvalue weighted by atomic mass is 9.96. The highest BCUT2D eigenvalue weighted by Crippen LogP contribution is 2.34. The molecule has 3 aliphatic rings. The first kappa shape index (κ1) is 99.7. The van der Waals surface area contributed by atoms with Crippen molar-refractivity contribution in [1.82, 2.24) is 5.32 Å². The van der Waals surface area contributed by atoms with E-state index in [-0.39, 0.29) is 18.9 Å². The van der Waals surface area contributed by atoms with E-state index in [0.29, 0.717) is 12.8 Å². The molecule has 3 heterocycles. The van der Waals surface area contributed by atoms with Gasteiger partial charge in [-0.2, -0.15) is 0 Å². The molecule has 0 aromatic heterocycles. The molecular formula is C89H163NO18. The SMILES string of the molecule is CC/C=C\C/C=C\C/C=C\C/C=C\C/C=C\CCCCCCCCCCCCCCCCCCCCCCCCCCCC(=O)NC(COC1OC(CO)C(OC2OC(CO)C(OC3OC(CO)C(O)C(O)C3O)C(O)C2O)C(O)C1O)C(O)CCCCCCCCCCCCCCCCCCCCCCCC. The van der Waals surface area contributed by atoms with Gasteiger partial charge in [-0.05, 0) is 57.8 Å². The zero-order valence-corrected chi connectivity index (χ0v) is 68.1. The summed E-state index contributed by atoms with van der Waals surface area (Å²) in [7, 11) is 0. The Morgan fingerprint density at radius 3 is 1.00 bits per heavy atom. The van der Waals surface area contributed by atoms with Gasteiger partial charge in [0.1, 0.15) is 73.2 Å². The van der Waals surface area contributed by atoms with Gasteiger partial charge in [-0.15, -0.1) is 0 Å². The first-order valence-electron chi connectivity index (χ1n) is 44.5. The lowest BCUT2D eigenvalue weighted by Gasteiger charge is -2.48. The summed E-state index contributed by atoms with van der Waals surface area (Å²) in [6, 6.07) is -0.888. The van der Waals surface area contributed by atoms with Crippen LogP contribution in [0, 0.1) is 0 Å². The topological polar surface area (TPSA) is 307 Å². The minimum absolute atomic E-state index is 0.235. The monoisotopic (exact) mass is 1530 g/mol. The Hall–Kier alpha value is -2.51. The highest BCUT2D eigenvalue weighted by molar-refractivity contribution is 5.76. The number of carbonyl (C=O) groups excluding carboxylic acids is 1. The summed E-state index contributed by atoms with van der Waals surface area (Å²) < 4.78 is 34.6. The molecule has 0 aliphatic carbocycles. The quantitative estimate of drug-likeness (QED) is 0.0199. The molecular weight excluding hydrogens is 1370 g/mol. The van der Waals surface area contributed by atoms with Crippen LogP contribution < -0.4 is 5.32 Å². The Labute approximate surface area is 656 Å². The zero-order valence-electron chi connectivity index (χ0n) is 68.1. The Balaban J connectivity index is 1.28. The van der Waals surface area contributed by atoms with E-state index in [4.69, 9.17) is 28.4 Å². The van der Waals surface area contributed by atoms with Crippen LogP contribution in [0.5, 0.6) is 0 Å². The second kappa shape index (κ2) is 68.9. The fourth-order valence-electron chi connectivity index (χ4n) is 15.1. The van der Waals surface area contributed by atoms with E-state index in [1.807, 2.05) is 0 Å². The number of aliphatic hydroxyl groups is 11. The van der Waals surface area contributed by atoms with Crippen LogP contribution in [0.15, 0.2) is 60.8 Å². The molecule has 3 saturated heterocycles. The van der Waals surface area contributed by atoms with Gasteiger partial charge in [-0.25, -0.2) is 0 Å². The maximum atomic E-state index is 13.5. The molecule has 3 rings (SSSR count). The fraction of sp³-hybridized carbons (Fsp3) is 0.876. The van der Waals surface area contributed by atoms with E-state index in [0.717, 1.165) is 77.0 Å². The Morgan fingerprint density at radius 2 is 0.639 bits per heavy atom. The molecule has 3 aliphatic heterocycles. The van der Waals surface area contributed by atoms with E-state index in [1.165, 1.54) is 257 Å². The summed E-state index contributed by atoms with van der Waals surface area (Å²) in [4.78, 5) is 13.5. The summed E-state index contributed by atoms with van der Waals surface area (Å²) in [5, 5.41) is 121. The number of aliphatic hydroxyl groups excluding tert-OH is 11. The van der Waals surface area contributed by atoms with Crippen molar-refractivity contribution < 1.29 is 89.4 Å². The molecule has 632 valence electrons.